The van der Waals surface area contributed by atoms with Crippen LogP contribution in [0, 0.1) is 0 Å². The molecule has 2 amide bonds. The molecule has 7 heteroatoms. The SMILES string of the molecule is O=C(NC1CCCCCC1)NC1COCC1n1nc(C2CC2)ccc1=O. The first-order chi connectivity index (χ1) is 12.7. The number of hydrogen-bond acceptors (Lipinski definition) is 4. The van der Waals surface area contributed by atoms with Crippen LogP contribution in [0.3, 0.4) is 0 Å². The molecule has 142 valence electrons. The van der Waals surface area contributed by atoms with Crippen molar-refractivity contribution in [3.63, 3.8) is 0 Å². The van der Waals surface area contributed by atoms with E-state index in [1.807, 2.05) is 6.07 Å². The van der Waals surface area contributed by atoms with Crippen LogP contribution >= 0.6 is 0 Å². The molecule has 2 heterocycles. The lowest BCUT2D eigenvalue weighted by atomic mass is 10.1. The summed E-state index contributed by atoms with van der Waals surface area (Å²) in [6.07, 6.45) is 9.22. The molecule has 2 atom stereocenters. The zero-order valence-electron chi connectivity index (χ0n) is 15.2. The molecule has 2 unspecified atom stereocenters. The van der Waals surface area contributed by atoms with E-state index in [0.717, 1.165) is 31.4 Å². The molecule has 1 aromatic heterocycles. The Balaban J connectivity index is 1.41. The Bertz CT molecular complexity index is 692. The Kier molecular flexibility index (Phi) is 5.24. The number of amides is 2. The van der Waals surface area contributed by atoms with Crippen molar-refractivity contribution in [1.29, 1.82) is 0 Å². The maximum absolute atomic E-state index is 12.4. The largest absolute Gasteiger partial charge is 0.377 e. The second-order valence-electron chi connectivity index (χ2n) is 7.83. The molecule has 0 radical (unpaired) electrons. The fourth-order valence-electron chi connectivity index (χ4n) is 4.02. The fourth-order valence-corrected chi connectivity index (χ4v) is 4.02. The number of nitrogens with zero attached hydrogens (tertiary/aromatic N) is 2. The molecule has 2 saturated carbocycles. The summed E-state index contributed by atoms with van der Waals surface area (Å²) in [4.78, 5) is 24.7. The zero-order chi connectivity index (χ0) is 17.9. The molecule has 2 N–H and O–H groups in total. The highest BCUT2D eigenvalue weighted by Gasteiger charge is 2.34. The van der Waals surface area contributed by atoms with Gasteiger partial charge in [0.05, 0.1) is 24.9 Å². The van der Waals surface area contributed by atoms with Gasteiger partial charge in [-0.25, -0.2) is 9.48 Å². The van der Waals surface area contributed by atoms with Crippen LogP contribution < -0.4 is 16.2 Å². The molecule has 3 aliphatic rings. The van der Waals surface area contributed by atoms with E-state index >= 15 is 0 Å². The van der Waals surface area contributed by atoms with Gasteiger partial charge in [-0.3, -0.25) is 4.79 Å². The number of ether oxygens (including phenoxy) is 1. The molecule has 7 nitrogen and oxygen atoms in total. The van der Waals surface area contributed by atoms with E-state index < -0.39 is 0 Å². The maximum Gasteiger partial charge on any atom is 0.315 e. The number of rotatable bonds is 4. The predicted octanol–water partition coefficient (Wildman–Crippen LogP) is 2.08. The van der Waals surface area contributed by atoms with Crippen LogP contribution in [0.25, 0.3) is 0 Å². The van der Waals surface area contributed by atoms with Crippen LogP contribution in [-0.4, -0.2) is 41.1 Å². The van der Waals surface area contributed by atoms with Crippen molar-refractivity contribution in [3.8, 4) is 0 Å². The Morgan fingerprint density at radius 1 is 1.04 bits per heavy atom. The number of nitrogens with one attached hydrogen (secondary N) is 2. The summed E-state index contributed by atoms with van der Waals surface area (Å²) in [5, 5.41) is 10.7. The summed E-state index contributed by atoms with van der Waals surface area (Å²) in [6, 6.07) is 3.01. The highest BCUT2D eigenvalue weighted by Crippen LogP contribution is 2.38. The van der Waals surface area contributed by atoms with Gasteiger partial charge in [0.2, 0.25) is 0 Å². The van der Waals surface area contributed by atoms with Crippen molar-refractivity contribution >= 4 is 6.03 Å². The second-order valence-corrected chi connectivity index (χ2v) is 7.83. The summed E-state index contributed by atoms with van der Waals surface area (Å²) in [6.45, 7) is 0.805. The quantitative estimate of drug-likeness (QED) is 0.805. The van der Waals surface area contributed by atoms with Crippen molar-refractivity contribution in [2.45, 2.75) is 75.4 Å². The number of carbonyl (C=O) groups excluding carboxylic acids is 1. The van der Waals surface area contributed by atoms with Gasteiger partial charge in [-0.1, -0.05) is 25.7 Å². The van der Waals surface area contributed by atoms with E-state index in [1.54, 1.807) is 6.07 Å². The number of aromatic nitrogens is 2. The highest BCUT2D eigenvalue weighted by molar-refractivity contribution is 5.74. The Hall–Kier alpha value is -1.89. The zero-order valence-corrected chi connectivity index (χ0v) is 15.2. The standard InChI is InChI=1S/C19H28N4O3/c24-18-10-9-15(13-7-8-13)22-23(18)17-12-26-11-16(17)21-19(25)20-14-5-3-1-2-4-6-14/h9-10,13-14,16-17H,1-8,11-12H2,(H2,20,21,25). The average molecular weight is 360 g/mol. The number of carbonyl (C=O) groups is 1. The minimum absolute atomic E-state index is 0.138. The smallest absolute Gasteiger partial charge is 0.315 e. The lowest BCUT2D eigenvalue weighted by molar-refractivity contribution is 0.180. The van der Waals surface area contributed by atoms with Crippen molar-refractivity contribution in [3.05, 3.63) is 28.2 Å². The number of hydrogen-bond donors (Lipinski definition) is 2. The molecule has 2 aliphatic carbocycles. The lowest BCUT2D eigenvalue weighted by Gasteiger charge is -2.23. The molecule has 0 spiro atoms. The first kappa shape index (κ1) is 17.5. The molecular formula is C19H28N4O3. The van der Waals surface area contributed by atoms with E-state index in [-0.39, 0.29) is 29.7 Å². The molecule has 1 aromatic rings. The van der Waals surface area contributed by atoms with Crippen LogP contribution in [0.15, 0.2) is 16.9 Å². The average Bonchev–Trinajstić information content (AvgIpc) is 3.41. The summed E-state index contributed by atoms with van der Waals surface area (Å²) in [5.41, 5.74) is 0.832. The third-order valence-corrected chi connectivity index (χ3v) is 5.71. The maximum atomic E-state index is 12.4. The van der Waals surface area contributed by atoms with Crippen LogP contribution in [-0.2, 0) is 4.74 Å². The third-order valence-electron chi connectivity index (χ3n) is 5.71. The van der Waals surface area contributed by atoms with E-state index in [4.69, 9.17) is 4.74 Å². The van der Waals surface area contributed by atoms with Gasteiger partial charge in [-0.15, -0.1) is 0 Å². The first-order valence-electron chi connectivity index (χ1n) is 9.95. The van der Waals surface area contributed by atoms with Gasteiger partial charge in [0.25, 0.3) is 5.56 Å². The summed E-state index contributed by atoms with van der Waals surface area (Å²) >= 11 is 0. The number of urea groups is 1. The van der Waals surface area contributed by atoms with Crippen LogP contribution in [0.4, 0.5) is 4.79 Å². The van der Waals surface area contributed by atoms with Gasteiger partial charge < -0.3 is 15.4 Å². The van der Waals surface area contributed by atoms with Crippen molar-refractivity contribution in [2.24, 2.45) is 0 Å². The van der Waals surface area contributed by atoms with Crippen molar-refractivity contribution in [2.75, 3.05) is 13.2 Å². The fraction of sp³-hybridized carbons (Fsp3) is 0.737. The highest BCUT2D eigenvalue weighted by atomic mass is 16.5. The van der Waals surface area contributed by atoms with Crippen LogP contribution in [0.2, 0.25) is 0 Å². The third kappa shape index (κ3) is 4.09. The topological polar surface area (TPSA) is 85.2 Å². The minimum atomic E-state index is -0.249. The molecule has 4 rings (SSSR count). The van der Waals surface area contributed by atoms with E-state index in [0.29, 0.717) is 19.1 Å². The Morgan fingerprint density at radius 2 is 1.81 bits per heavy atom. The summed E-state index contributed by atoms with van der Waals surface area (Å²) in [5.74, 6) is 0.481. The van der Waals surface area contributed by atoms with Gasteiger partial charge >= 0.3 is 6.03 Å². The second kappa shape index (κ2) is 7.78. The molecule has 26 heavy (non-hydrogen) atoms. The van der Waals surface area contributed by atoms with Gasteiger partial charge in [0.15, 0.2) is 0 Å². The minimum Gasteiger partial charge on any atom is -0.377 e. The van der Waals surface area contributed by atoms with Crippen molar-refractivity contribution in [1.82, 2.24) is 20.4 Å². The molecule has 1 saturated heterocycles. The van der Waals surface area contributed by atoms with Gasteiger partial charge in [-0.2, -0.15) is 5.10 Å². The van der Waals surface area contributed by atoms with Gasteiger partial charge in [-0.05, 0) is 31.7 Å². The Morgan fingerprint density at radius 3 is 2.54 bits per heavy atom. The van der Waals surface area contributed by atoms with Gasteiger partial charge in [0.1, 0.15) is 6.04 Å². The molecule has 1 aliphatic heterocycles. The van der Waals surface area contributed by atoms with E-state index in [9.17, 15) is 9.59 Å². The van der Waals surface area contributed by atoms with Crippen LogP contribution in [0.5, 0.6) is 0 Å². The molecule has 3 fully saturated rings. The molecule has 0 bridgehead atoms. The first-order valence-corrected chi connectivity index (χ1v) is 9.95. The monoisotopic (exact) mass is 360 g/mol. The van der Waals surface area contributed by atoms with E-state index in [1.165, 1.54) is 30.4 Å². The predicted molar refractivity (Wildman–Crippen MR) is 97.3 cm³/mol. The van der Waals surface area contributed by atoms with Gasteiger partial charge in [0, 0.05) is 18.0 Å². The summed E-state index contributed by atoms with van der Waals surface area (Å²) < 4.78 is 7.07. The normalized spacial score (nSPS) is 27.1. The Labute approximate surface area is 153 Å². The molecular weight excluding hydrogens is 332 g/mol. The summed E-state index contributed by atoms with van der Waals surface area (Å²) in [7, 11) is 0. The lowest BCUT2D eigenvalue weighted by Crippen LogP contribution is -2.50. The van der Waals surface area contributed by atoms with Crippen molar-refractivity contribution < 1.29 is 9.53 Å². The molecule has 0 aromatic carbocycles. The van der Waals surface area contributed by atoms with E-state index in [2.05, 4.69) is 15.7 Å². The van der Waals surface area contributed by atoms with Crippen LogP contribution in [0.1, 0.15) is 69.0 Å².